The maximum absolute atomic E-state index is 12.1. The second-order valence-corrected chi connectivity index (χ2v) is 8.60. The molecule has 0 bridgehead atoms. The third kappa shape index (κ3) is 5.05. The molecule has 172 valence electrons. The number of amides is 1. The van der Waals surface area contributed by atoms with Crippen molar-refractivity contribution in [2.45, 2.75) is 51.0 Å². The Labute approximate surface area is 198 Å². The topological polar surface area (TPSA) is 124 Å². The van der Waals surface area contributed by atoms with Gasteiger partial charge in [-0.25, -0.2) is 9.97 Å². The Morgan fingerprint density at radius 1 is 1.15 bits per heavy atom. The van der Waals surface area contributed by atoms with Crippen LogP contribution in [0.1, 0.15) is 45.4 Å². The zero-order valence-corrected chi connectivity index (χ0v) is 19.1. The van der Waals surface area contributed by atoms with Crippen LogP contribution in [0.15, 0.2) is 48.9 Å². The van der Waals surface area contributed by atoms with E-state index in [0.717, 1.165) is 36.3 Å². The molecule has 3 heterocycles. The van der Waals surface area contributed by atoms with Crippen LogP contribution in [0.2, 0.25) is 0 Å². The minimum absolute atomic E-state index is 0.169. The second-order valence-electron chi connectivity index (χ2n) is 8.60. The fraction of sp³-hybridized carbons (Fsp3) is 0.360. The average Bonchev–Trinajstić information content (AvgIpc) is 3.36. The summed E-state index contributed by atoms with van der Waals surface area (Å²) in [5.74, 6) is 0.610. The SMILES string of the molecule is CC(CC#N)(CCC#N)n1cc(-c2ccnc(Nc3ccc(N4CCCCC4=O)cc3)n2)cn1. The first-order valence-corrected chi connectivity index (χ1v) is 11.3. The van der Waals surface area contributed by atoms with Gasteiger partial charge in [-0.15, -0.1) is 0 Å². The fourth-order valence-electron chi connectivity index (χ4n) is 4.04. The molecule has 0 radical (unpaired) electrons. The molecule has 1 atom stereocenters. The molecule has 0 spiro atoms. The zero-order valence-electron chi connectivity index (χ0n) is 19.1. The first-order chi connectivity index (χ1) is 16.5. The van der Waals surface area contributed by atoms with E-state index in [1.54, 1.807) is 23.1 Å². The van der Waals surface area contributed by atoms with Crippen molar-refractivity contribution >= 4 is 23.2 Å². The fourth-order valence-corrected chi connectivity index (χ4v) is 4.04. The predicted molar refractivity (Wildman–Crippen MR) is 128 cm³/mol. The van der Waals surface area contributed by atoms with E-state index in [-0.39, 0.29) is 12.3 Å². The number of benzene rings is 1. The van der Waals surface area contributed by atoms with Crippen molar-refractivity contribution in [1.29, 1.82) is 10.5 Å². The van der Waals surface area contributed by atoms with Crippen LogP contribution in [-0.4, -0.2) is 32.2 Å². The molecule has 34 heavy (non-hydrogen) atoms. The van der Waals surface area contributed by atoms with Gasteiger partial charge in [-0.05, 0) is 56.5 Å². The third-order valence-corrected chi connectivity index (χ3v) is 6.08. The minimum atomic E-state index is -0.561. The number of anilines is 3. The van der Waals surface area contributed by atoms with Crippen molar-refractivity contribution < 1.29 is 4.79 Å². The Morgan fingerprint density at radius 2 is 1.97 bits per heavy atom. The number of nitrogens with zero attached hydrogens (tertiary/aromatic N) is 7. The van der Waals surface area contributed by atoms with Crippen LogP contribution in [-0.2, 0) is 10.3 Å². The van der Waals surface area contributed by atoms with Gasteiger partial charge in [-0.3, -0.25) is 9.48 Å². The number of piperidine rings is 1. The number of carbonyl (C=O) groups is 1. The van der Waals surface area contributed by atoms with Crippen molar-refractivity contribution in [3.8, 4) is 23.4 Å². The summed E-state index contributed by atoms with van der Waals surface area (Å²) in [6, 6.07) is 13.8. The number of rotatable bonds is 8. The third-order valence-electron chi connectivity index (χ3n) is 6.08. The lowest BCUT2D eigenvalue weighted by Gasteiger charge is -2.26. The van der Waals surface area contributed by atoms with Crippen molar-refractivity contribution in [3.63, 3.8) is 0 Å². The standard InChI is InChI=1S/C25H26N8O/c1-25(12-14-27,11-4-13-26)33-18-19(17-29-33)22-10-15-28-24(31-22)30-20-6-8-21(9-7-20)32-16-3-2-5-23(32)34/h6-10,15,17-18H,2-5,11-12,16H2,1H3,(H,28,30,31). The van der Waals surface area contributed by atoms with Gasteiger partial charge in [0.25, 0.3) is 0 Å². The first kappa shape index (κ1) is 22.9. The van der Waals surface area contributed by atoms with E-state index in [1.165, 1.54) is 0 Å². The molecule has 1 aliphatic heterocycles. The highest BCUT2D eigenvalue weighted by atomic mass is 16.2. The molecule has 0 aliphatic carbocycles. The highest BCUT2D eigenvalue weighted by molar-refractivity contribution is 5.94. The summed E-state index contributed by atoms with van der Waals surface area (Å²) < 4.78 is 1.75. The van der Waals surface area contributed by atoms with Gasteiger partial charge in [0.05, 0.1) is 36.0 Å². The lowest BCUT2D eigenvalue weighted by molar-refractivity contribution is -0.119. The maximum Gasteiger partial charge on any atom is 0.227 e. The summed E-state index contributed by atoms with van der Waals surface area (Å²) >= 11 is 0. The zero-order chi connectivity index (χ0) is 24.0. The summed E-state index contributed by atoms with van der Waals surface area (Å²) in [6.45, 7) is 2.69. The van der Waals surface area contributed by atoms with Gasteiger partial charge in [0, 0.05) is 48.7 Å². The molecule has 1 fully saturated rings. The lowest BCUT2D eigenvalue weighted by atomic mass is 9.93. The largest absolute Gasteiger partial charge is 0.324 e. The molecular weight excluding hydrogens is 428 g/mol. The molecular formula is C25H26N8O. The van der Waals surface area contributed by atoms with Crippen LogP contribution in [0, 0.1) is 22.7 Å². The minimum Gasteiger partial charge on any atom is -0.324 e. The monoisotopic (exact) mass is 454 g/mol. The quantitative estimate of drug-likeness (QED) is 0.530. The summed E-state index contributed by atoms with van der Waals surface area (Å²) in [6.07, 6.45) is 8.96. The van der Waals surface area contributed by atoms with Gasteiger partial charge in [0.1, 0.15) is 0 Å². The molecule has 1 aromatic carbocycles. The predicted octanol–water partition coefficient (Wildman–Crippen LogP) is 4.53. The van der Waals surface area contributed by atoms with E-state index in [9.17, 15) is 10.1 Å². The lowest BCUT2D eigenvalue weighted by Crippen LogP contribution is -2.35. The summed E-state index contributed by atoms with van der Waals surface area (Å²) in [4.78, 5) is 22.9. The van der Waals surface area contributed by atoms with Crippen LogP contribution < -0.4 is 10.2 Å². The van der Waals surface area contributed by atoms with Crippen molar-refractivity contribution in [2.75, 3.05) is 16.8 Å². The van der Waals surface area contributed by atoms with Crippen LogP contribution in [0.4, 0.5) is 17.3 Å². The van der Waals surface area contributed by atoms with Gasteiger partial charge in [-0.1, -0.05) is 0 Å². The van der Waals surface area contributed by atoms with Crippen LogP contribution in [0.25, 0.3) is 11.3 Å². The molecule has 2 aromatic heterocycles. The normalized spacial score (nSPS) is 15.3. The molecule has 3 aromatic rings. The molecule has 9 heteroatoms. The van der Waals surface area contributed by atoms with Gasteiger partial charge in [0.2, 0.25) is 11.9 Å². The van der Waals surface area contributed by atoms with Gasteiger partial charge >= 0.3 is 0 Å². The van der Waals surface area contributed by atoms with E-state index in [0.29, 0.717) is 30.9 Å². The maximum atomic E-state index is 12.1. The molecule has 1 aliphatic rings. The Morgan fingerprint density at radius 3 is 2.71 bits per heavy atom. The van der Waals surface area contributed by atoms with Crippen molar-refractivity contribution in [2.24, 2.45) is 0 Å². The van der Waals surface area contributed by atoms with E-state index >= 15 is 0 Å². The smallest absolute Gasteiger partial charge is 0.227 e. The van der Waals surface area contributed by atoms with E-state index in [2.05, 4.69) is 32.5 Å². The number of hydrogen-bond acceptors (Lipinski definition) is 7. The van der Waals surface area contributed by atoms with Crippen LogP contribution >= 0.6 is 0 Å². The summed E-state index contributed by atoms with van der Waals surface area (Å²) in [7, 11) is 0. The van der Waals surface area contributed by atoms with Crippen LogP contribution in [0.3, 0.4) is 0 Å². The molecule has 1 unspecified atom stereocenters. The van der Waals surface area contributed by atoms with E-state index < -0.39 is 5.54 Å². The molecule has 0 saturated carbocycles. The number of hydrogen-bond donors (Lipinski definition) is 1. The highest BCUT2D eigenvalue weighted by Gasteiger charge is 2.27. The number of aromatic nitrogens is 4. The molecule has 4 rings (SSSR count). The highest BCUT2D eigenvalue weighted by Crippen LogP contribution is 2.28. The number of nitriles is 2. The Kier molecular flexibility index (Phi) is 6.84. The van der Waals surface area contributed by atoms with E-state index in [1.807, 2.05) is 42.3 Å². The van der Waals surface area contributed by atoms with Crippen molar-refractivity contribution in [3.05, 3.63) is 48.9 Å². The Bertz CT molecular complexity index is 1240. The van der Waals surface area contributed by atoms with Crippen LogP contribution in [0.5, 0.6) is 0 Å². The number of nitrogens with one attached hydrogen (secondary N) is 1. The Balaban J connectivity index is 1.49. The average molecular weight is 455 g/mol. The molecule has 1 N–H and O–H groups in total. The number of carbonyl (C=O) groups excluding carboxylic acids is 1. The molecule has 9 nitrogen and oxygen atoms in total. The first-order valence-electron chi connectivity index (χ1n) is 11.3. The van der Waals surface area contributed by atoms with E-state index in [4.69, 9.17) is 5.26 Å². The molecule has 1 amide bonds. The van der Waals surface area contributed by atoms with Crippen molar-refractivity contribution in [1.82, 2.24) is 19.7 Å². The molecule has 1 saturated heterocycles. The van der Waals surface area contributed by atoms with Gasteiger partial charge in [0.15, 0.2) is 0 Å². The second kappa shape index (κ2) is 10.1. The summed E-state index contributed by atoms with van der Waals surface area (Å²) in [5.41, 5.74) is 2.65. The Hall–Kier alpha value is -4.24. The van der Waals surface area contributed by atoms with Gasteiger partial charge in [-0.2, -0.15) is 15.6 Å². The summed E-state index contributed by atoms with van der Waals surface area (Å²) in [5, 5.41) is 25.9. The van der Waals surface area contributed by atoms with Gasteiger partial charge < -0.3 is 10.2 Å².